The average molecular weight is 312 g/mol. The zero-order chi connectivity index (χ0) is 13.3. The Morgan fingerprint density at radius 1 is 1.50 bits per heavy atom. The van der Waals surface area contributed by atoms with Gasteiger partial charge in [0, 0.05) is 17.4 Å². The number of halogens is 1. The average Bonchev–Trinajstić information content (AvgIpc) is 2.74. The molecule has 0 aliphatic carbocycles. The van der Waals surface area contributed by atoms with E-state index in [1.54, 1.807) is 4.90 Å². The quantitative estimate of drug-likeness (QED) is 0.787. The van der Waals surface area contributed by atoms with Crippen molar-refractivity contribution in [1.82, 2.24) is 0 Å². The van der Waals surface area contributed by atoms with Crippen molar-refractivity contribution in [2.24, 2.45) is 5.92 Å². The number of anilines is 1. The second-order valence-corrected chi connectivity index (χ2v) is 5.13. The second kappa shape index (κ2) is 5.10. The molecule has 1 heterocycles. The zero-order valence-electron chi connectivity index (χ0n) is 10.3. The maximum atomic E-state index is 12.0. The summed E-state index contributed by atoms with van der Waals surface area (Å²) in [4.78, 5) is 25.1. The number of carbonyl (C=O) groups excluding carboxylic acids is 2. The van der Waals surface area contributed by atoms with Crippen molar-refractivity contribution in [1.29, 1.82) is 0 Å². The Morgan fingerprint density at radius 2 is 2.22 bits per heavy atom. The van der Waals surface area contributed by atoms with Gasteiger partial charge in [-0.3, -0.25) is 9.59 Å². The minimum absolute atomic E-state index is 0.0447. The number of amides is 1. The van der Waals surface area contributed by atoms with Crippen LogP contribution < -0.4 is 4.90 Å². The van der Waals surface area contributed by atoms with Crippen molar-refractivity contribution < 1.29 is 14.3 Å². The summed E-state index contributed by atoms with van der Waals surface area (Å²) < 4.78 is 5.58. The van der Waals surface area contributed by atoms with Gasteiger partial charge < -0.3 is 9.64 Å². The fourth-order valence-corrected chi connectivity index (χ4v) is 2.58. The van der Waals surface area contributed by atoms with E-state index in [4.69, 9.17) is 4.74 Å². The maximum Gasteiger partial charge on any atom is 0.311 e. The molecule has 18 heavy (non-hydrogen) atoms. The smallest absolute Gasteiger partial charge is 0.311 e. The molecule has 0 N–H and O–H groups in total. The first-order chi connectivity index (χ1) is 8.54. The van der Waals surface area contributed by atoms with Crippen LogP contribution in [0.2, 0.25) is 0 Å². The normalized spacial score (nSPS) is 19.2. The summed E-state index contributed by atoms with van der Waals surface area (Å²) in [6, 6.07) is 5.73. The molecule has 0 bridgehead atoms. The second-order valence-electron chi connectivity index (χ2n) is 4.34. The minimum atomic E-state index is -0.366. The van der Waals surface area contributed by atoms with Crippen LogP contribution in [0.4, 0.5) is 5.69 Å². The number of aryl methyl sites for hydroxylation is 1. The van der Waals surface area contributed by atoms with E-state index in [2.05, 4.69) is 15.9 Å². The van der Waals surface area contributed by atoms with Crippen molar-refractivity contribution in [3.63, 3.8) is 0 Å². The van der Waals surface area contributed by atoms with Crippen molar-refractivity contribution in [3.8, 4) is 0 Å². The first kappa shape index (κ1) is 13.1. The van der Waals surface area contributed by atoms with E-state index in [0.717, 1.165) is 15.7 Å². The molecule has 5 heteroatoms. The van der Waals surface area contributed by atoms with Gasteiger partial charge in [0.2, 0.25) is 5.91 Å². The van der Waals surface area contributed by atoms with Crippen LogP contribution in [0.5, 0.6) is 0 Å². The highest BCUT2D eigenvalue weighted by Crippen LogP contribution is 2.33. The molecule has 1 unspecified atom stereocenters. The maximum absolute atomic E-state index is 12.0. The fraction of sp³-hybridized carbons (Fsp3) is 0.385. The topological polar surface area (TPSA) is 46.6 Å². The van der Waals surface area contributed by atoms with Crippen LogP contribution in [0, 0.1) is 12.8 Å². The van der Waals surface area contributed by atoms with Gasteiger partial charge >= 0.3 is 5.97 Å². The van der Waals surface area contributed by atoms with Gasteiger partial charge in [-0.2, -0.15) is 0 Å². The molecule has 0 radical (unpaired) electrons. The standard InChI is InChI=1S/C13H14BrNO3/c1-8-4-3-5-10(12(8)14)15-7-9(6-11(15)16)13(17)18-2/h3-5,9H,6-7H2,1-2H3. The van der Waals surface area contributed by atoms with Gasteiger partial charge in [0.25, 0.3) is 0 Å². The Kier molecular flexibility index (Phi) is 3.71. The van der Waals surface area contributed by atoms with Gasteiger partial charge in [0.1, 0.15) is 0 Å². The molecule has 0 aromatic heterocycles. The largest absolute Gasteiger partial charge is 0.469 e. The van der Waals surface area contributed by atoms with Gasteiger partial charge in [-0.05, 0) is 34.5 Å². The first-order valence-electron chi connectivity index (χ1n) is 5.68. The number of methoxy groups -OCH3 is 1. The highest BCUT2D eigenvalue weighted by Gasteiger charge is 2.36. The van der Waals surface area contributed by atoms with Crippen molar-refractivity contribution in [2.75, 3.05) is 18.6 Å². The Hall–Kier alpha value is -1.36. The first-order valence-corrected chi connectivity index (χ1v) is 6.47. The van der Waals surface area contributed by atoms with E-state index in [-0.39, 0.29) is 24.2 Å². The molecule has 0 saturated carbocycles. The number of carbonyl (C=O) groups is 2. The summed E-state index contributed by atoms with van der Waals surface area (Å²) in [7, 11) is 1.35. The van der Waals surface area contributed by atoms with Crippen LogP contribution >= 0.6 is 15.9 Å². The van der Waals surface area contributed by atoms with Gasteiger partial charge in [0.15, 0.2) is 0 Å². The molecule has 0 spiro atoms. The van der Waals surface area contributed by atoms with E-state index in [9.17, 15) is 9.59 Å². The predicted molar refractivity (Wildman–Crippen MR) is 71.4 cm³/mol. The third-order valence-electron chi connectivity index (χ3n) is 3.12. The molecule has 2 rings (SSSR count). The molecule has 96 valence electrons. The van der Waals surface area contributed by atoms with Crippen LogP contribution in [-0.4, -0.2) is 25.5 Å². The monoisotopic (exact) mass is 311 g/mol. The Bertz CT molecular complexity index is 501. The van der Waals surface area contributed by atoms with Crippen LogP contribution in [-0.2, 0) is 14.3 Å². The molecular formula is C13H14BrNO3. The lowest BCUT2D eigenvalue weighted by Gasteiger charge is -2.19. The molecule has 4 nitrogen and oxygen atoms in total. The molecular weight excluding hydrogens is 298 g/mol. The molecule has 1 aromatic carbocycles. The van der Waals surface area contributed by atoms with Crippen LogP contribution in [0.25, 0.3) is 0 Å². The lowest BCUT2D eigenvalue weighted by Crippen LogP contribution is -2.26. The highest BCUT2D eigenvalue weighted by molar-refractivity contribution is 9.10. The van der Waals surface area contributed by atoms with E-state index in [1.165, 1.54) is 7.11 Å². The van der Waals surface area contributed by atoms with E-state index in [0.29, 0.717) is 6.54 Å². The minimum Gasteiger partial charge on any atom is -0.469 e. The predicted octanol–water partition coefficient (Wildman–Crippen LogP) is 2.28. The van der Waals surface area contributed by atoms with Crippen LogP contribution in [0.3, 0.4) is 0 Å². The lowest BCUT2D eigenvalue weighted by atomic mass is 10.1. The summed E-state index contributed by atoms with van der Waals surface area (Å²) in [6.45, 7) is 2.35. The van der Waals surface area contributed by atoms with E-state index in [1.807, 2.05) is 25.1 Å². The van der Waals surface area contributed by atoms with Crippen molar-refractivity contribution in [3.05, 3.63) is 28.2 Å². The van der Waals surface area contributed by atoms with Gasteiger partial charge in [-0.1, -0.05) is 12.1 Å². The van der Waals surface area contributed by atoms with Crippen LogP contribution in [0.15, 0.2) is 22.7 Å². The molecule has 1 fully saturated rings. The third kappa shape index (κ3) is 2.27. The number of benzene rings is 1. The number of hydrogen-bond acceptors (Lipinski definition) is 3. The molecule has 1 aliphatic rings. The molecule has 1 saturated heterocycles. The molecule has 1 aliphatic heterocycles. The summed E-state index contributed by atoms with van der Waals surface area (Å²) in [5.41, 5.74) is 1.87. The Morgan fingerprint density at radius 3 is 2.89 bits per heavy atom. The SMILES string of the molecule is COC(=O)C1CC(=O)N(c2cccc(C)c2Br)C1. The number of esters is 1. The van der Waals surface area contributed by atoms with E-state index < -0.39 is 0 Å². The van der Waals surface area contributed by atoms with Crippen molar-refractivity contribution >= 4 is 33.5 Å². The third-order valence-corrected chi connectivity index (χ3v) is 4.15. The summed E-state index contributed by atoms with van der Waals surface area (Å²) in [6.07, 6.45) is 0.215. The van der Waals surface area contributed by atoms with Crippen molar-refractivity contribution in [2.45, 2.75) is 13.3 Å². The highest BCUT2D eigenvalue weighted by atomic mass is 79.9. The van der Waals surface area contributed by atoms with Gasteiger partial charge in [-0.15, -0.1) is 0 Å². The molecule has 1 amide bonds. The Balaban J connectivity index is 2.27. The number of ether oxygens (including phenoxy) is 1. The summed E-state index contributed by atoms with van der Waals surface area (Å²) >= 11 is 3.48. The van der Waals surface area contributed by atoms with Gasteiger partial charge in [0.05, 0.1) is 18.7 Å². The lowest BCUT2D eigenvalue weighted by molar-refractivity contribution is -0.145. The molecule has 1 aromatic rings. The Labute approximate surface area is 114 Å². The van der Waals surface area contributed by atoms with Crippen LogP contribution in [0.1, 0.15) is 12.0 Å². The molecule has 1 atom stereocenters. The zero-order valence-corrected chi connectivity index (χ0v) is 11.9. The number of hydrogen-bond donors (Lipinski definition) is 0. The number of rotatable bonds is 2. The summed E-state index contributed by atoms with van der Waals surface area (Å²) in [5, 5.41) is 0. The van der Waals surface area contributed by atoms with E-state index >= 15 is 0 Å². The van der Waals surface area contributed by atoms with Gasteiger partial charge in [-0.25, -0.2) is 0 Å². The fourth-order valence-electron chi connectivity index (χ4n) is 2.11. The number of nitrogens with zero attached hydrogens (tertiary/aromatic N) is 1. The summed E-state index contributed by atoms with van der Waals surface area (Å²) in [5.74, 6) is -0.735.